The number of hydrogen-bond acceptors (Lipinski definition) is 3. The van der Waals surface area contributed by atoms with Crippen molar-refractivity contribution in [3.63, 3.8) is 0 Å². The highest BCUT2D eigenvalue weighted by Crippen LogP contribution is 2.31. The largest absolute Gasteiger partial charge is 0.489 e. The van der Waals surface area contributed by atoms with Crippen LogP contribution in [0.3, 0.4) is 0 Å². The van der Waals surface area contributed by atoms with E-state index in [1.807, 2.05) is 73.7 Å². The lowest BCUT2D eigenvalue weighted by Crippen LogP contribution is -2.07. The molecule has 0 saturated carbocycles. The summed E-state index contributed by atoms with van der Waals surface area (Å²) in [7, 11) is 1.40. The highest BCUT2D eigenvalue weighted by Gasteiger charge is 2.17. The molecule has 0 bridgehead atoms. The van der Waals surface area contributed by atoms with Gasteiger partial charge in [0.1, 0.15) is 12.4 Å². The maximum atomic E-state index is 12.1. The molecule has 0 spiro atoms. The van der Waals surface area contributed by atoms with E-state index in [-0.39, 0.29) is 5.97 Å². The van der Waals surface area contributed by atoms with E-state index in [4.69, 9.17) is 9.47 Å². The van der Waals surface area contributed by atoms with Crippen molar-refractivity contribution in [2.24, 2.45) is 0 Å². The average molecular weight is 332 g/mol. The van der Waals surface area contributed by atoms with Gasteiger partial charge >= 0.3 is 5.97 Å². The molecule has 0 aromatic heterocycles. The molecule has 3 nitrogen and oxygen atoms in total. The zero-order valence-electron chi connectivity index (χ0n) is 14.4. The molecule has 0 aliphatic rings. The second-order valence-electron chi connectivity index (χ2n) is 5.73. The maximum Gasteiger partial charge on any atom is 0.338 e. The van der Waals surface area contributed by atoms with Crippen LogP contribution in [0.2, 0.25) is 0 Å². The first-order valence-corrected chi connectivity index (χ1v) is 8.14. The summed E-state index contributed by atoms with van der Waals surface area (Å²) in [5.74, 6) is 0.487. The Hall–Kier alpha value is -3.07. The van der Waals surface area contributed by atoms with Crippen molar-refractivity contribution in [2.75, 3.05) is 7.11 Å². The lowest BCUT2D eigenvalue weighted by molar-refractivity contribution is 0.0600. The molecule has 0 aliphatic carbocycles. The lowest BCUT2D eigenvalue weighted by Gasteiger charge is -2.16. The Morgan fingerprint density at radius 2 is 1.52 bits per heavy atom. The van der Waals surface area contributed by atoms with Gasteiger partial charge in [0.15, 0.2) is 0 Å². The molecular formula is C22H20O3. The minimum Gasteiger partial charge on any atom is -0.489 e. The standard InChI is InChI=1S/C22H20O3/c1-16-20(22(23)24-2)14-13-18(15-25-19-11-7-4-8-12-19)21(16)17-9-5-3-6-10-17/h3-14H,15H2,1-2H3. The van der Waals surface area contributed by atoms with Crippen molar-refractivity contribution in [2.45, 2.75) is 13.5 Å². The summed E-state index contributed by atoms with van der Waals surface area (Å²) in [5.41, 5.74) is 4.56. The van der Waals surface area contributed by atoms with Gasteiger partial charge in [-0.15, -0.1) is 0 Å². The van der Waals surface area contributed by atoms with Crippen LogP contribution < -0.4 is 4.74 Å². The van der Waals surface area contributed by atoms with Crippen molar-refractivity contribution in [3.05, 3.63) is 89.5 Å². The monoisotopic (exact) mass is 332 g/mol. The molecule has 25 heavy (non-hydrogen) atoms. The van der Waals surface area contributed by atoms with Gasteiger partial charge in [-0.1, -0.05) is 54.6 Å². The first-order valence-electron chi connectivity index (χ1n) is 8.14. The fourth-order valence-electron chi connectivity index (χ4n) is 2.90. The van der Waals surface area contributed by atoms with Crippen LogP contribution in [-0.4, -0.2) is 13.1 Å². The third kappa shape index (κ3) is 3.72. The number of rotatable bonds is 5. The molecule has 126 valence electrons. The van der Waals surface area contributed by atoms with Gasteiger partial charge in [0, 0.05) is 0 Å². The van der Waals surface area contributed by atoms with Crippen LogP contribution in [0.15, 0.2) is 72.8 Å². The molecule has 0 atom stereocenters. The Morgan fingerprint density at radius 3 is 2.16 bits per heavy atom. The number of hydrogen-bond donors (Lipinski definition) is 0. The Bertz CT molecular complexity index is 855. The summed E-state index contributed by atoms with van der Waals surface area (Å²) in [4.78, 5) is 12.1. The van der Waals surface area contributed by atoms with Crippen molar-refractivity contribution >= 4 is 5.97 Å². The molecule has 3 aromatic carbocycles. The van der Waals surface area contributed by atoms with Crippen LogP contribution in [0, 0.1) is 6.92 Å². The molecule has 3 aromatic rings. The Labute approximate surface area is 147 Å². The minimum absolute atomic E-state index is 0.329. The number of benzene rings is 3. The molecule has 0 saturated heterocycles. The van der Waals surface area contributed by atoms with Crippen LogP contribution in [0.4, 0.5) is 0 Å². The first-order chi connectivity index (χ1) is 12.2. The predicted octanol–water partition coefficient (Wildman–Crippen LogP) is 5.03. The highest BCUT2D eigenvalue weighted by atomic mass is 16.5. The molecule has 0 aliphatic heterocycles. The van der Waals surface area contributed by atoms with Crippen LogP contribution in [0.1, 0.15) is 21.5 Å². The Kier molecular flexibility index (Phi) is 5.14. The van der Waals surface area contributed by atoms with E-state index in [2.05, 4.69) is 0 Å². The van der Waals surface area contributed by atoms with Gasteiger partial charge in [-0.3, -0.25) is 0 Å². The second kappa shape index (κ2) is 7.67. The Morgan fingerprint density at radius 1 is 0.880 bits per heavy atom. The molecule has 3 rings (SSSR count). The van der Waals surface area contributed by atoms with Gasteiger partial charge in [-0.2, -0.15) is 0 Å². The molecule has 0 heterocycles. The van der Waals surface area contributed by atoms with Crippen LogP contribution in [0.25, 0.3) is 11.1 Å². The second-order valence-corrected chi connectivity index (χ2v) is 5.73. The first kappa shape index (κ1) is 16.8. The fourth-order valence-corrected chi connectivity index (χ4v) is 2.90. The van der Waals surface area contributed by atoms with Crippen molar-refractivity contribution in [1.82, 2.24) is 0 Å². The van der Waals surface area contributed by atoms with Gasteiger partial charge in [0.25, 0.3) is 0 Å². The fraction of sp³-hybridized carbons (Fsp3) is 0.136. The number of methoxy groups -OCH3 is 1. The summed E-state index contributed by atoms with van der Waals surface area (Å²) in [6.07, 6.45) is 0. The molecule has 0 N–H and O–H groups in total. The topological polar surface area (TPSA) is 35.5 Å². The third-order valence-corrected chi connectivity index (χ3v) is 4.16. The molecular weight excluding hydrogens is 312 g/mol. The van der Waals surface area contributed by atoms with Gasteiger partial charge in [0.05, 0.1) is 12.7 Å². The number of ether oxygens (including phenoxy) is 2. The molecule has 0 radical (unpaired) electrons. The van der Waals surface area contributed by atoms with Crippen LogP contribution in [-0.2, 0) is 11.3 Å². The third-order valence-electron chi connectivity index (χ3n) is 4.16. The summed E-state index contributed by atoms with van der Waals surface area (Å²) in [6.45, 7) is 2.37. The molecule has 0 amide bonds. The van der Waals surface area contributed by atoms with E-state index in [9.17, 15) is 4.79 Å². The van der Waals surface area contributed by atoms with E-state index >= 15 is 0 Å². The van der Waals surface area contributed by atoms with E-state index in [1.165, 1.54) is 7.11 Å². The van der Waals surface area contributed by atoms with E-state index in [0.29, 0.717) is 12.2 Å². The highest BCUT2D eigenvalue weighted by molar-refractivity contribution is 5.94. The number of esters is 1. The van der Waals surface area contributed by atoms with Crippen molar-refractivity contribution in [1.29, 1.82) is 0 Å². The molecule has 3 heteroatoms. The summed E-state index contributed by atoms with van der Waals surface area (Å²) in [5, 5.41) is 0. The molecule has 0 unspecified atom stereocenters. The summed E-state index contributed by atoms with van der Waals surface area (Å²) >= 11 is 0. The lowest BCUT2D eigenvalue weighted by atomic mass is 9.92. The van der Waals surface area contributed by atoms with E-state index < -0.39 is 0 Å². The van der Waals surface area contributed by atoms with E-state index in [0.717, 1.165) is 28.0 Å². The smallest absolute Gasteiger partial charge is 0.338 e. The van der Waals surface area contributed by atoms with Crippen LogP contribution in [0.5, 0.6) is 5.75 Å². The van der Waals surface area contributed by atoms with Gasteiger partial charge < -0.3 is 9.47 Å². The zero-order chi connectivity index (χ0) is 17.6. The van der Waals surface area contributed by atoms with Gasteiger partial charge in [-0.25, -0.2) is 4.79 Å². The maximum absolute atomic E-state index is 12.1. The summed E-state index contributed by atoms with van der Waals surface area (Å²) < 4.78 is 10.8. The number of para-hydroxylation sites is 1. The van der Waals surface area contributed by atoms with Gasteiger partial charge in [0.2, 0.25) is 0 Å². The number of carbonyl (C=O) groups excluding carboxylic acids is 1. The van der Waals surface area contributed by atoms with Crippen molar-refractivity contribution in [3.8, 4) is 16.9 Å². The zero-order valence-corrected chi connectivity index (χ0v) is 14.4. The van der Waals surface area contributed by atoms with Crippen LogP contribution >= 0.6 is 0 Å². The SMILES string of the molecule is COC(=O)c1ccc(COc2ccccc2)c(-c2ccccc2)c1C. The minimum atomic E-state index is -0.329. The normalized spacial score (nSPS) is 10.3. The Balaban J connectivity index is 2.02. The van der Waals surface area contributed by atoms with Gasteiger partial charge in [-0.05, 0) is 47.4 Å². The summed E-state index contributed by atoms with van der Waals surface area (Å²) in [6, 6.07) is 23.5. The number of carbonyl (C=O) groups is 1. The molecule has 0 fully saturated rings. The van der Waals surface area contributed by atoms with E-state index in [1.54, 1.807) is 6.07 Å². The predicted molar refractivity (Wildman–Crippen MR) is 98.7 cm³/mol. The van der Waals surface area contributed by atoms with Crippen molar-refractivity contribution < 1.29 is 14.3 Å². The quantitative estimate of drug-likeness (QED) is 0.615. The average Bonchev–Trinajstić information content (AvgIpc) is 2.67.